The van der Waals surface area contributed by atoms with Crippen LogP contribution in [0.25, 0.3) is 0 Å². The van der Waals surface area contributed by atoms with Crippen molar-refractivity contribution in [2.45, 2.75) is 110 Å². The number of aliphatic hydroxyl groups excluding tert-OH is 1. The summed E-state index contributed by atoms with van der Waals surface area (Å²) in [6.07, 6.45) is 3.75. The number of ketones is 2. The number of aliphatic hydroxyl groups is 1. The molecular formula is C31H42F2O7. The first-order chi connectivity index (χ1) is 18.7. The third-order valence-electron chi connectivity index (χ3n) is 10.6. The smallest absolute Gasteiger partial charge is 0.306 e. The van der Waals surface area contributed by atoms with Gasteiger partial charge in [-0.05, 0) is 56.6 Å². The van der Waals surface area contributed by atoms with Crippen molar-refractivity contribution in [2.24, 2.45) is 28.6 Å². The fourth-order valence-corrected chi connectivity index (χ4v) is 8.57. The molecule has 0 saturated heterocycles. The Morgan fingerprint density at radius 3 is 2.48 bits per heavy atom. The molecule has 0 aromatic rings. The van der Waals surface area contributed by atoms with Gasteiger partial charge in [-0.1, -0.05) is 46.6 Å². The van der Waals surface area contributed by atoms with Crippen molar-refractivity contribution in [3.05, 3.63) is 23.6 Å². The van der Waals surface area contributed by atoms with Crippen LogP contribution >= 0.6 is 0 Å². The predicted molar refractivity (Wildman–Crippen MR) is 142 cm³/mol. The minimum atomic E-state index is -2.31. The molecule has 4 aliphatic carbocycles. The molecule has 8 atom stereocenters. The summed E-state index contributed by atoms with van der Waals surface area (Å²) >= 11 is 0. The van der Waals surface area contributed by atoms with Crippen LogP contribution in [0.15, 0.2) is 23.6 Å². The van der Waals surface area contributed by atoms with E-state index < -0.39 is 81.9 Å². The van der Waals surface area contributed by atoms with Crippen molar-refractivity contribution in [3.8, 4) is 0 Å². The molecule has 9 heteroatoms. The third kappa shape index (κ3) is 4.21. The molecule has 0 aliphatic heterocycles. The number of hydrogen-bond acceptors (Lipinski definition) is 7. The molecule has 222 valence electrons. The minimum absolute atomic E-state index is 0.00264. The van der Waals surface area contributed by atoms with E-state index >= 15 is 4.39 Å². The van der Waals surface area contributed by atoms with Gasteiger partial charge in [-0.15, -0.1) is 0 Å². The summed E-state index contributed by atoms with van der Waals surface area (Å²) in [7, 11) is 0. The molecule has 3 fully saturated rings. The van der Waals surface area contributed by atoms with Crippen LogP contribution in [0.2, 0.25) is 0 Å². The quantitative estimate of drug-likeness (QED) is 0.300. The number of hydrogen-bond donors (Lipinski definition) is 1. The number of carbonyl (C=O) groups is 4. The Hall–Kier alpha value is -2.42. The van der Waals surface area contributed by atoms with E-state index in [1.54, 1.807) is 20.8 Å². The molecule has 40 heavy (non-hydrogen) atoms. The van der Waals surface area contributed by atoms with Crippen LogP contribution in [0.4, 0.5) is 8.78 Å². The summed E-state index contributed by atoms with van der Waals surface area (Å²) in [6.45, 7) is 8.08. The van der Waals surface area contributed by atoms with Crippen LogP contribution in [0.5, 0.6) is 0 Å². The maximum absolute atomic E-state index is 17.5. The van der Waals surface area contributed by atoms with E-state index in [-0.39, 0.29) is 37.7 Å². The fraction of sp³-hybridized carbons (Fsp3) is 0.742. The van der Waals surface area contributed by atoms with Gasteiger partial charge in [-0.2, -0.15) is 0 Å². The second-order valence-electron chi connectivity index (χ2n) is 12.6. The topological polar surface area (TPSA) is 107 Å². The van der Waals surface area contributed by atoms with E-state index in [2.05, 4.69) is 0 Å². The number of Topliss-reactive ketones (excluding diaryl/α,β-unsaturated/α-hetero) is 1. The summed E-state index contributed by atoms with van der Waals surface area (Å²) in [6, 6.07) is 0. The minimum Gasteiger partial charge on any atom is -0.457 e. The number of alkyl halides is 1. The van der Waals surface area contributed by atoms with Crippen molar-refractivity contribution in [1.82, 2.24) is 0 Å². The van der Waals surface area contributed by atoms with Crippen LogP contribution in [-0.2, 0) is 28.7 Å². The highest BCUT2D eigenvalue weighted by atomic mass is 19.1. The molecule has 1 N–H and O–H groups in total. The van der Waals surface area contributed by atoms with E-state index in [4.69, 9.17) is 9.47 Å². The van der Waals surface area contributed by atoms with Gasteiger partial charge < -0.3 is 14.6 Å². The zero-order valence-corrected chi connectivity index (χ0v) is 24.2. The van der Waals surface area contributed by atoms with E-state index in [1.807, 2.05) is 6.92 Å². The number of ether oxygens (including phenoxy) is 2. The lowest BCUT2D eigenvalue weighted by Crippen LogP contribution is -2.70. The van der Waals surface area contributed by atoms with Crippen LogP contribution in [0.1, 0.15) is 92.4 Å². The Kier molecular flexibility index (Phi) is 8.22. The molecule has 0 spiro atoms. The van der Waals surface area contributed by atoms with E-state index in [9.17, 15) is 28.7 Å². The van der Waals surface area contributed by atoms with Crippen LogP contribution in [0.3, 0.4) is 0 Å². The standard InChI is InChI=1S/C31H42F2O7/c1-6-8-9-10-26(38)39-17-24(36)31(40-25(37)7-2)18(3)15-21-19-11-12-20-27(32)22(34)13-14-28(20,4)30(19,33)23(35)16-29(21,31)5/h13-14,18-19,21,23,35H,6-12,15-17H2,1-5H3/t18?,19-,21-,23?,28-,29-,30-,31-/m0/s1. The second-order valence-corrected chi connectivity index (χ2v) is 12.6. The fourth-order valence-electron chi connectivity index (χ4n) is 8.57. The maximum atomic E-state index is 17.5. The Morgan fingerprint density at radius 1 is 1.12 bits per heavy atom. The first-order valence-corrected chi connectivity index (χ1v) is 14.6. The molecule has 4 aliphatic rings. The molecule has 0 radical (unpaired) electrons. The summed E-state index contributed by atoms with van der Waals surface area (Å²) in [5.74, 6) is -5.33. The Bertz CT molecular complexity index is 1150. The molecule has 0 bridgehead atoms. The number of fused-ring (bicyclic) bond motifs is 5. The van der Waals surface area contributed by atoms with Crippen LogP contribution < -0.4 is 0 Å². The Labute approximate surface area is 234 Å². The molecule has 0 aromatic carbocycles. The van der Waals surface area contributed by atoms with Crippen LogP contribution in [0, 0.1) is 28.6 Å². The molecule has 2 unspecified atom stereocenters. The number of rotatable bonds is 9. The Morgan fingerprint density at radius 2 is 1.82 bits per heavy atom. The van der Waals surface area contributed by atoms with Gasteiger partial charge in [0.15, 0.2) is 23.7 Å². The number of allylic oxidation sites excluding steroid dienone is 4. The number of halogens is 2. The summed E-state index contributed by atoms with van der Waals surface area (Å²) in [4.78, 5) is 51.2. The predicted octanol–water partition coefficient (Wildman–Crippen LogP) is 5.29. The molecule has 3 saturated carbocycles. The van der Waals surface area contributed by atoms with Gasteiger partial charge in [0.1, 0.15) is 0 Å². The maximum Gasteiger partial charge on any atom is 0.306 e. The van der Waals surface area contributed by atoms with Gasteiger partial charge in [0.2, 0.25) is 11.6 Å². The normalized spacial score (nSPS) is 40.2. The van der Waals surface area contributed by atoms with Gasteiger partial charge >= 0.3 is 11.9 Å². The van der Waals surface area contributed by atoms with Gasteiger partial charge in [0.25, 0.3) is 0 Å². The van der Waals surface area contributed by atoms with Gasteiger partial charge in [0.05, 0.1) is 6.10 Å². The highest BCUT2D eigenvalue weighted by molar-refractivity contribution is 6.04. The number of carbonyl (C=O) groups excluding carboxylic acids is 4. The summed E-state index contributed by atoms with van der Waals surface area (Å²) < 4.78 is 43.8. The van der Waals surface area contributed by atoms with Gasteiger partial charge in [-0.25, -0.2) is 8.78 Å². The molecule has 7 nitrogen and oxygen atoms in total. The molecule has 0 aromatic heterocycles. The van der Waals surface area contributed by atoms with Crippen LogP contribution in [-0.4, -0.2) is 52.6 Å². The lowest BCUT2D eigenvalue weighted by atomic mass is 9.44. The summed E-state index contributed by atoms with van der Waals surface area (Å²) in [5.41, 5.74) is -6.70. The van der Waals surface area contributed by atoms with E-state index in [0.717, 1.165) is 18.9 Å². The largest absolute Gasteiger partial charge is 0.457 e. The lowest BCUT2D eigenvalue weighted by Gasteiger charge is -2.62. The van der Waals surface area contributed by atoms with Crippen molar-refractivity contribution in [2.75, 3.05) is 6.61 Å². The van der Waals surface area contributed by atoms with Crippen molar-refractivity contribution in [1.29, 1.82) is 0 Å². The Balaban J connectivity index is 1.73. The lowest BCUT2D eigenvalue weighted by molar-refractivity contribution is -0.228. The highest BCUT2D eigenvalue weighted by Crippen LogP contribution is 2.71. The first kappa shape index (κ1) is 30.5. The second kappa shape index (κ2) is 10.8. The highest BCUT2D eigenvalue weighted by Gasteiger charge is 2.77. The van der Waals surface area contributed by atoms with Crippen molar-refractivity contribution >= 4 is 23.5 Å². The van der Waals surface area contributed by atoms with Crippen molar-refractivity contribution < 1.29 is 42.5 Å². The zero-order chi connectivity index (χ0) is 29.7. The SMILES string of the molecule is CCCCCC(=O)OCC(=O)[C@@]1(OC(=O)CC)C(C)C[C@H]2[C@@H]3CCC4=C(F)C(=O)C=C[C@]4(C)[C@@]3(F)C(O)C[C@@]21C. The zero-order valence-electron chi connectivity index (χ0n) is 24.2. The van der Waals surface area contributed by atoms with Gasteiger partial charge in [-0.3, -0.25) is 19.2 Å². The van der Waals surface area contributed by atoms with E-state index in [1.165, 1.54) is 13.0 Å². The molecule has 0 heterocycles. The molecule has 4 rings (SSSR count). The average molecular weight is 565 g/mol. The average Bonchev–Trinajstić information content (AvgIpc) is 3.12. The number of esters is 2. The van der Waals surface area contributed by atoms with E-state index in [0.29, 0.717) is 12.8 Å². The number of unbranched alkanes of at least 4 members (excludes halogenated alkanes) is 2. The molecule has 0 amide bonds. The third-order valence-corrected chi connectivity index (χ3v) is 10.6. The first-order valence-electron chi connectivity index (χ1n) is 14.6. The van der Waals surface area contributed by atoms with Gasteiger partial charge in [0, 0.05) is 35.5 Å². The molecular weight excluding hydrogens is 522 g/mol. The summed E-state index contributed by atoms with van der Waals surface area (Å²) in [5, 5.41) is 11.6. The van der Waals surface area contributed by atoms with Crippen molar-refractivity contribution in [3.63, 3.8) is 0 Å². The monoisotopic (exact) mass is 564 g/mol.